The van der Waals surface area contributed by atoms with Gasteiger partial charge in [0.1, 0.15) is 10.7 Å². The Balaban J connectivity index is 1.66. The Morgan fingerprint density at radius 3 is 1.94 bits per heavy atom. The molecule has 1 heterocycles. The van der Waals surface area contributed by atoms with Crippen LogP contribution in [0.15, 0.2) is 102 Å². The van der Waals surface area contributed by atoms with Crippen LogP contribution in [0.25, 0.3) is 6.08 Å². The molecular formula is C28H26N2O2S2. The fourth-order valence-electron chi connectivity index (χ4n) is 3.76. The van der Waals surface area contributed by atoms with Crippen molar-refractivity contribution >= 4 is 35.1 Å². The number of amides is 1. The third-order valence-electron chi connectivity index (χ3n) is 5.37. The molecule has 0 saturated carbocycles. The minimum atomic E-state index is -0.442. The lowest BCUT2D eigenvalue weighted by Gasteiger charge is -2.34. The molecule has 2 N–H and O–H groups in total. The standard InChI is InChI=1S/C28H26N2O2S2/c31-19-10-18-29-27(32)25-21-33-26(30-25)17-20-34-28(22-11-4-1-5-12-22,23-13-6-2-7-14-23)24-15-8-3-9-16-24/h1-9,11-17,20-21,31H,10,18-19H2,(H,29,32)/b20-17-. The van der Waals surface area contributed by atoms with E-state index in [4.69, 9.17) is 5.11 Å². The second-order valence-electron chi connectivity index (χ2n) is 7.60. The number of aliphatic hydroxyl groups excluding tert-OH is 1. The molecule has 4 nitrogen and oxygen atoms in total. The van der Waals surface area contributed by atoms with E-state index in [0.717, 1.165) is 5.01 Å². The van der Waals surface area contributed by atoms with E-state index in [1.807, 2.05) is 24.3 Å². The summed E-state index contributed by atoms with van der Waals surface area (Å²) in [6, 6.07) is 31.5. The number of carbonyl (C=O) groups is 1. The molecule has 0 aliphatic heterocycles. The fourth-order valence-corrected chi connectivity index (χ4v) is 5.75. The number of rotatable bonds is 10. The van der Waals surface area contributed by atoms with Crippen LogP contribution in [-0.4, -0.2) is 29.1 Å². The number of aliphatic hydroxyl groups is 1. The zero-order valence-corrected chi connectivity index (χ0v) is 20.3. The predicted octanol–water partition coefficient (Wildman–Crippen LogP) is 5.95. The number of nitrogens with one attached hydrogen (secondary N) is 1. The highest BCUT2D eigenvalue weighted by Crippen LogP contribution is 2.49. The van der Waals surface area contributed by atoms with Gasteiger partial charge in [-0.2, -0.15) is 0 Å². The maximum Gasteiger partial charge on any atom is 0.270 e. The Hall–Kier alpha value is -3.19. The van der Waals surface area contributed by atoms with Crippen LogP contribution in [-0.2, 0) is 4.75 Å². The van der Waals surface area contributed by atoms with Crippen LogP contribution in [0.2, 0.25) is 0 Å². The van der Waals surface area contributed by atoms with E-state index in [0.29, 0.717) is 18.7 Å². The average Bonchev–Trinajstić information content (AvgIpc) is 3.37. The van der Waals surface area contributed by atoms with E-state index in [-0.39, 0.29) is 12.5 Å². The van der Waals surface area contributed by atoms with Crippen molar-refractivity contribution in [1.29, 1.82) is 0 Å². The molecule has 4 aromatic rings. The highest BCUT2D eigenvalue weighted by molar-refractivity contribution is 8.03. The van der Waals surface area contributed by atoms with Crippen LogP contribution < -0.4 is 5.32 Å². The maximum atomic E-state index is 12.2. The van der Waals surface area contributed by atoms with Crippen molar-refractivity contribution in [2.45, 2.75) is 11.2 Å². The van der Waals surface area contributed by atoms with Crippen LogP contribution in [0, 0.1) is 0 Å². The van der Waals surface area contributed by atoms with E-state index in [2.05, 4.69) is 88.5 Å². The number of carbonyl (C=O) groups excluding carboxylic acids is 1. The summed E-state index contributed by atoms with van der Waals surface area (Å²) in [5.41, 5.74) is 3.95. The fraction of sp³-hybridized carbons (Fsp3) is 0.143. The molecule has 0 spiro atoms. The van der Waals surface area contributed by atoms with Crippen molar-refractivity contribution < 1.29 is 9.90 Å². The van der Waals surface area contributed by atoms with Gasteiger partial charge in [-0.3, -0.25) is 4.79 Å². The minimum absolute atomic E-state index is 0.0501. The number of nitrogens with zero attached hydrogens (tertiary/aromatic N) is 1. The van der Waals surface area contributed by atoms with Crippen LogP contribution in [0.1, 0.15) is 38.6 Å². The van der Waals surface area contributed by atoms with Gasteiger partial charge in [-0.25, -0.2) is 4.98 Å². The lowest BCUT2D eigenvalue weighted by Crippen LogP contribution is -2.25. The van der Waals surface area contributed by atoms with Gasteiger partial charge >= 0.3 is 0 Å². The second-order valence-corrected chi connectivity index (χ2v) is 9.61. The van der Waals surface area contributed by atoms with Crippen molar-refractivity contribution in [2.24, 2.45) is 0 Å². The van der Waals surface area contributed by atoms with Crippen LogP contribution in [0.3, 0.4) is 0 Å². The van der Waals surface area contributed by atoms with E-state index in [1.54, 1.807) is 17.1 Å². The van der Waals surface area contributed by atoms with Gasteiger partial charge in [-0.15, -0.1) is 23.1 Å². The Morgan fingerprint density at radius 2 is 1.44 bits per heavy atom. The topological polar surface area (TPSA) is 62.2 Å². The molecule has 6 heteroatoms. The summed E-state index contributed by atoms with van der Waals surface area (Å²) in [4.78, 5) is 16.7. The molecule has 0 bridgehead atoms. The van der Waals surface area contributed by atoms with Crippen molar-refractivity contribution in [2.75, 3.05) is 13.2 Å². The quantitative estimate of drug-likeness (QED) is 0.215. The largest absolute Gasteiger partial charge is 0.396 e. The van der Waals surface area contributed by atoms with Gasteiger partial charge in [0.15, 0.2) is 0 Å². The molecule has 0 unspecified atom stereocenters. The third-order valence-corrected chi connectivity index (χ3v) is 7.51. The molecule has 34 heavy (non-hydrogen) atoms. The number of thiazole rings is 1. The van der Waals surface area contributed by atoms with E-state index < -0.39 is 4.75 Å². The third kappa shape index (κ3) is 5.47. The van der Waals surface area contributed by atoms with Crippen LogP contribution in [0.4, 0.5) is 0 Å². The summed E-state index contributed by atoms with van der Waals surface area (Å²) in [7, 11) is 0. The molecule has 1 aromatic heterocycles. The Kier molecular flexibility index (Phi) is 8.31. The lowest BCUT2D eigenvalue weighted by molar-refractivity contribution is 0.0947. The average molecular weight is 487 g/mol. The summed E-state index contributed by atoms with van der Waals surface area (Å²) in [6.45, 7) is 0.482. The van der Waals surface area contributed by atoms with Crippen LogP contribution >= 0.6 is 23.1 Å². The van der Waals surface area contributed by atoms with Gasteiger partial charge in [-0.1, -0.05) is 91.0 Å². The van der Waals surface area contributed by atoms with Crippen molar-refractivity contribution in [3.8, 4) is 0 Å². The number of hydrogen-bond donors (Lipinski definition) is 2. The van der Waals surface area contributed by atoms with Gasteiger partial charge in [-0.05, 0) is 34.6 Å². The predicted molar refractivity (Wildman–Crippen MR) is 142 cm³/mol. The first kappa shape index (κ1) is 24.0. The molecule has 4 rings (SSSR count). The molecule has 0 aliphatic rings. The number of aromatic nitrogens is 1. The Morgan fingerprint density at radius 1 is 0.912 bits per heavy atom. The van der Waals surface area contributed by atoms with Crippen LogP contribution in [0.5, 0.6) is 0 Å². The highest BCUT2D eigenvalue weighted by Gasteiger charge is 2.36. The van der Waals surface area contributed by atoms with Crippen molar-refractivity contribution in [1.82, 2.24) is 10.3 Å². The van der Waals surface area contributed by atoms with Crippen molar-refractivity contribution in [3.05, 3.63) is 129 Å². The summed E-state index contributed by atoms with van der Waals surface area (Å²) in [6.07, 6.45) is 2.49. The van der Waals surface area contributed by atoms with Gasteiger partial charge in [0, 0.05) is 18.5 Å². The van der Waals surface area contributed by atoms with Gasteiger partial charge < -0.3 is 10.4 Å². The zero-order chi connectivity index (χ0) is 23.6. The highest BCUT2D eigenvalue weighted by atomic mass is 32.2. The SMILES string of the molecule is O=C(NCCCO)c1csc(/C=C\SC(c2ccccc2)(c2ccccc2)c2ccccc2)n1. The van der Waals surface area contributed by atoms with Gasteiger partial charge in [0.25, 0.3) is 5.91 Å². The van der Waals surface area contributed by atoms with E-state index in [1.165, 1.54) is 28.0 Å². The summed E-state index contributed by atoms with van der Waals surface area (Å²) in [5.74, 6) is -0.218. The lowest BCUT2D eigenvalue weighted by atomic mass is 9.84. The summed E-state index contributed by atoms with van der Waals surface area (Å²) >= 11 is 3.15. The smallest absolute Gasteiger partial charge is 0.270 e. The molecule has 0 fully saturated rings. The molecule has 0 aliphatic carbocycles. The molecular weight excluding hydrogens is 460 g/mol. The molecule has 172 valence electrons. The van der Waals surface area contributed by atoms with Gasteiger partial charge in [0.2, 0.25) is 0 Å². The molecule has 3 aromatic carbocycles. The molecule has 1 amide bonds. The minimum Gasteiger partial charge on any atom is -0.396 e. The van der Waals surface area contributed by atoms with E-state index >= 15 is 0 Å². The first-order valence-corrected chi connectivity index (χ1v) is 12.9. The summed E-state index contributed by atoms with van der Waals surface area (Å²) < 4.78 is -0.442. The molecule has 0 radical (unpaired) electrons. The Bertz CT molecular complexity index is 1110. The Labute approximate surface area is 208 Å². The zero-order valence-electron chi connectivity index (χ0n) is 18.6. The first-order valence-electron chi connectivity index (χ1n) is 11.1. The monoisotopic (exact) mass is 486 g/mol. The van der Waals surface area contributed by atoms with Gasteiger partial charge in [0.05, 0.1) is 4.75 Å². The number of benzene rings is 3. The first-order chi connectivity index (χ1) is 16.7. The number of hydrogen-bond acceptors (Lipinski definition) is 5. The van der Waals surface area contributed by atoms with Crippen molar-refractivity contribution in [3.63, 3.8) is 0 Å². The van der Waals surface area contributed by atoms with E-state index in [9.17, 15) is 4.79 Å². The summed E-state index contributed by atoms with van der Waals surface area (Å²) in [5, 5.41) is 16.3. The number of thioether (sulfide) groups is 1. The normalized spacial score (nSPS) is 11.6. The second kappa shape index (κ2) is 11.8. The molecule has 0 saturated heterocycles. The maximum absolute atomic E-state index is 12.2. The molecule has 0 atom stereocenters.